The first kappa shape index (κ1) is 18.6. The van der Waals surface area contributed by atoms with Crippen LogP contribution in [-0.4, -0.2) is 55.1 Å². The van der Waals surface area contributed by atoms with E-state index in [0.29, 0.717) is 0 Å². The average Bonchev–Trinajstić information content (AvgIpc) is 2.67. The summed E-state index contributed by atoms with van der Waals surface area (Å²) in [7, 11) is 4.20. The van der Waals surface area contributed by atoms with Gasteiger partial charge in [-0.1, -0.05) is 30.3 Å². The standard InChI is InChI=1S/C21H31N5/c1-25(2)12-6-11-22-20-16-21(24-17-23-20)26-13-9-19(10-14-26)15-18-7-4-3-5-8-18/h3-5,7-8,16-17,19H,6,9-15H2,1-2H3,(H,22,23,24). The number of anilines is 2. The Morgan fingerprint density at radius 2 is 1.88 bits per heavy atom. The van der Waals surface area contributed by atoms with Crippen LogP contribution in [0.15, 0.2) is 42.7 Å². The van der Waals surface area contributed by atoms with Gasteiger partial charge in [0.05, 0.1) is 0 Å². The lowest BCUT2D eigenvalue weighted by Gasteiger charge is -2.33. The predicted octanol–water partition coefficient (Wildman–Crippen LogP) is 3.30. The van der Waals surface area contributed by atoms with Crippen LogP contribution in [0, 0.1) is 5.92 Å². The molecule has 1 saturated heterocycles. The third-order valence-corrected chi connectivity index (χ3v) is 5.05. The van der Waals surface area contributed by atoms with Gasteiger partial charge in [-0.05, 0) is 57.8 Å². The third-order valence-electron chi connectivity index (χ3n) is 5.05. The van der Waals surface area contributed by atoms with E-state index >= 15 is 0 Å². The summed E-state index contributed by atoms with van der Waals surface area (Å²) >= 11 is 0. The smallest absolute Gasteiger partial charge is 0.134 e. The van der Waals surface area contributed by atoms with Crippen LogP contribution in [0.4, 0.5) is 11.6 Å². The van der Waals surface area contributed by atoms with E-state index in [4.69, 9.17) is 0 Å². The summed E-state index contributed by atoms with van der Waals surface area (Å²) in [5.74, 6) is 2.76. The zero-order valence-electron chi connectivity index (χ0n) is 16.1. The maximum Gasteiger partial charge on any atom is 0.134 e. The number of aromatic nitrogens is 2. The number of nitrogens with one attached hydrogen (secondary N) is 1. The van der Waals surface area contributed by atoms with Crippen molar-refractivity contribution in [1.29, 1.82) is 0 Å². The molecule has 140 valence electrons. The van der Waals surface area contributed by atoms with Crippen molar-refractivity contribution in [2.24, 2.45) is 5.92 Å². The van der Waals surface area contributed by atoms with Gasteiger partial charge in [0.15, 0.2) is 0 Å². The fourth-order valence-corrected chi connectivity index (χ4v) is 3.54. The molecule has 0 spiro atoms. The number of nitrogens with zero attached hydrogens (tertiary/aromatic N) is 4. The van der Waals surface area contributed by atoms with E-state index < -0.39 is 0 Å². The van der Waals surface area contributed by atoms with Gasteiger partial charge in [-0.15, -0.1) is 0 Å². The van der Waals surface area contributed by atoms with Crippen molar-refractivity contribution in [3.05, 3.63) is 48.3 Å². The van der Waals surface area contributed by atoms with Gasteiger partial charge in [0, 0.05) is 25.7 Å². The lowest BCUT2D eigenvalue weighted by molar-refractivity contribution is 0.402. The van der Waals surface area contributed by atoms with Crippen LogP contribution in [0.25, 0.3) is 0 Å². The second-order valence-corrected chi connectivity index (χ2v) is 7.47. The quantitative estimate of drug-likeness (QED) is 0.738. The normalized spacial score (nSPS) is 15.4. The first-order valence-corrected chi connectivity index (χ1v) is 9.70. The summed E-state index contributed by atoms with van der Waals surface area (Å²) in [6, 6.07) is 12.9. The second kappa shape index (κ2) is 9.53. The molecule has 1 aromatic heterocycles. The molecule has 1 fully saturated rings. The monoisotopic (exact) mass is 353 g/mol. The lowest BCUT2D eigenvalue weighted by Crippen LogP contribution is -2.35. The summed E-state index contributed by atoms with van der Waals surface area (Å²) < 4.78 is 0. The Morgan fingerprint density at radius 3 is 2.62 bits per heavy atom. The third kappa shape index (κ3) is 5.70. The van der Waals surface area contributed by atoms with E-state index in [0.717, 1.165) is 50.2 Å². The van der Waals surface area contributed by atoms with Crippen molar-refractivity contribution < 1.29 is 0 Å². The van der Waals surface area contributed by atoms with Crippen LogP contribution in [0.3, 0.4) is 0 Å². The number of hydrogen-bond donors (Lipinski definition) is 1. The second-order valence-electron chi connectivity index (χ2n) is 7.47. The molecule has 0 saturated carbocycles. The lowest BCUT2D eigenvalue weighted by atomic mass is 9.90. The van der Waals surface area contributed by atoms with E-state index in [1.165, 1.54) is 24.8 Å². The molecule has 0 amide bonds. The van der Waals surface area contributed by atoms with E-state index in [1.54, 1.807) is 6.33 Å². The Hall–Kier alpha value is -2.14. The van der Waals surface area contributed by atoms with Crippen molar-refractivity contribution in [2.45, 2.75) is 25.7 Å². The summed E-state index contributed by atoms with van der Waals surface area (Å²) in [6.07, 6.45) is 6.43. The summed E-state index contributed by atoms with van der Waals surface area (Å²) in [5.41, 5.74) is 1.46. The fourth-order valence-electron chi connectivity index (χ4n) is 3.54. The van der Waals surface area contributed by atoms with Crippen molar-refractivity contribution in [2.75, 3.05) is 50.5 Å². The molecular weight excluding hydrogens is 322 g/mol. The molecule has 3 rings (SSSR count). The first-order chi connectivity index (χ1) is 12.7. The maximum atomic E-state index is 4.50. The highest BCUT2D eigenvalue weighted by Gasteiger charge is 2.20. The molecule has 1 aromatic carbocycles. The number of benzene rings is 1. The molecule has 0 aliphatic carbocycles. The van der Waals surface area contributed by atoms with E-state index in [9.17, 15) is 0 Å². The number of piperidine rings is 1. The van der Waals surface area contributed by atoms with Crippen molar-refractivity contribution in [3.63, 3.8) is 0 Å². The van der Waals surface area contributed by atoms with E-state index in [-0.39, 0.29) is 0 Å². The van der Waals surface area contributed by atoms with Gasteiger partial charge in [0.25, 0.3) is 0 Å². The van der Waals surface area contributed by atoms with Gasteiger partial charge in [0.1, 0.15) is 18.0 Å². The van der Waals surface area contributed by atoms with Crippen molar-refractivity contribution in [3.8, 4) is 0 Å². The molecule has 1 aliphatic rings. The molecule has 1 aliphatic heterocycles. The number of rotatable bonds is 8. The van der Waals surface area contributed by atoms with E-state index in [2.05, 4.69) is 75.6 Å². The molecular formula is C21H31N5. The molecule has 5 heteroatoms. The van der Waals surface area contributed by atoms with Crippen molar-refractivity contribution in [1.82, 2.24) is 14.9 Å². The van der Waals surface area contributed by atoms with Crippen LogP contribution in [0.2, 0.25) is 0 Å². The topological polar surface area (TPSA) is 44.3 Å². The maximum absolute atomic E-state index is 4.50. The summed E-state index contributed by atoms with van der Waals surface area (Å²) in [6.45, 7) is 4.18. The molecule has 0 atom stereocenters. The molecule has 0 unspecified atom stereocenters. The minimum atomic E-state index is 0.777. The molecule has 2 heterocycles. The fraction of sp³-hybridized carbons (Fsp3) is 0.524. The largest absolute Gasteiger partial charge is 0.370 e. The zero-order chi connectivity index (χ0) is 18.2. The van der Waals surface area contributed by atoms with Crippen LogP contribution in [0.5, 0.6) is 0 Å². The van der Waals surface area contributed by atoms with Gasteiger partial charge in [-0.3, -0.25) is 0 Å². The minimum Gasteiger partial charge on any atom is -0.370 e. The Kier molecular flexibility index (Phi) is 6.83. The van der Waals surface area contributed by atoms with Gasteiger partial charge < -0.3 is 15.1 Å². The van der Waals surface area contributed by atoms with Gasteiger partial charge in [0.2, 0.25) is 0 Å². The number of hydrogen-bond acceptors (Lipinski definition) is 5. The van der Waals surface area contributed by atoms with E-state index in [1.807, 2.05) is 0 Å². The van der Waals surface area contributed by atoms with Crippen LogP contribution >= 0.6 is 0 Å². The zero-order valence-corrected chi connectivity index (χ0v) is 16.1. The molecule has 2 aromatic rings. The summed E-state index contributed by atoms with van der Waals surface area (Å²) in [4.78, 5) is 13.5. The van der Waals surface area contributed by atoms with Crippen molar-refractivity contribution >= 4 is 11.6 Å². The highest BCUT2D eigenvalue weighted by Crippen LogP contribution is 2.25. The predicted molar refractivity (Wildman–Crippen MR) is 109 cm³/mol. The molecule has 26 heavy (non-hydrogen) atoms. The van der Waals surface area contributed by atoms with Gasteiger partial charge in [-0.25, -0.2) is 9.97 Å². The SMILES string of the molecule is CN(C)CCCNc1cc(N2CCC(Cc3ccccc3)CC2)ncn1. The van der Waals surface area contributed by atoms with Crippen LogP contribution in [0.1, 0.15) is 24.8 Å². The summed E-state index contributed by atoms with van der Waals surface area (Å²) in [5, 5.41) is 3.42. The Balaban J connectivity index is 1.47. The Morgan fingerprint density at radius 1 is 1.12 bits per heavy atom. The highest BCUT2D eigenvalue weighted by molar-refractivity contribution is 5.48. The average molecular weight is 354 g/mol. The molecule has 0 bridgehead atoms. The Labute approximate surface area is 157 Å². The van der Waals surface area contributed by atoms with Gasteiger partial charge in [-0.2, -0.15) is 0 Å². The van der Waals surface area contributed by atoms with Crippen LogP contribution < -0.4 is 10.2 Å². The Bertz CT molecular complexity index is 650. The molecule has 5 nitrogen and oxygen atoms in total. The highest BCUT2D eigenvalue weighted by atomic mass is 15.2. The van der Waals surface area contributed by atoms with Gasteiger partial charge >= 0.3 is 0 Å². The van der Waals surface area contributed by atoms with Crippen LogP contribution in [-0.2, 0) is 6.42 Å². The minimum absolute atomic E-state index is 0.777. The molecule has 0 radical (unpaired) electrons. The first-order valence-electron chi connectivity index (χ1n) is 9.70. The molecule has 1 N–H and O–H groups in total.